The number of amides is 1. The fourth-order valence-corrected chi connectivity index (χ4v) is 4.61. The molecule has 3 aliphatic rings. The summed E-state index contributed by atoms with van der Waals surface area (Å²) in [5.74, 6) is 1.69. The van der Waals surface area contributed by atoms with Crippen LogP contribution in [-0.2, 0) is 4.79 Å². The van der Waals surface area contributed by atoms with E-state index in [2.05, 4.69) is 36.6 Å². The van der Waals surface area contributed by atoms with Crippen LogP contribution in [0, 0.1) is 0 Å². The molecule has 1 fully saturated rings. The molecule has 0 saturated carbocycles. The lowest BCUT2D eigenvalue weighted by Crippen LogP contribution is -2.59. The normalized spacial score (nSPS) is 23.9. The first kappa shape index (κ1) is 22.4. The van der Waals surface area contributed by atoms with Crippen LogP contribution in [0.5, 0.6) is 5.75 Å². The lowest BCUT2D eigenvalue weighted by Gasteiger charge is -2.44. The molecule has 1 aromatic carbocycles. The van der Waals surface area contributed by atoms with Crippen molar-refractivity contribution >= 4 is 12.2 Å². The van der Waals surface area contributed by atoms with E-state index in [0.29, 0.717) is 17.9 Å². The Hall–Kier alpha value is -2.84. The van der Waals surface area contributed by atoms with Gasteiger partial charge in [-0.25, -0.2) is 0 Å². The second kappa shape index (κ2) is 8.96. The Bertz CT molecular complexity index is 962. The highest BCUT2D eigenvalue weighted by Gasteiger charge is 2.49. The zero-order chi connectivity index (χ0) is 23.0. The molecule has 3 N–H and O–H groups in total. The number of fused-ring (bicyclic) bond motifs is 1. The molecule has 3 heterocycles. The van der Waals surface area contributed by atoms with Gasteiger partial charge in [0, 0.05) is 25.7 Å². The molecule has 0 aromatic heterocycles. The van der Waals surface area contributed by atoms with E-state index in [-0.39, 0.29) is 24.5 Å². The Morgan fingerprint density at radius 1 is 1.38 bits per heavy atom. The number of aliphatic imine (C=N–C) groups is 1. The molecule has 32 heavy (non-hydrogen) atoms. The summed E-state index contributed by atoms with van der Waals surface area (Å²) in [5.41, 5.74) is 9.04. The Labute approximate surface area is 189 Å². The number of likely N-dealkylation sites (tertiary alicyclic amines) is 1. The quantitative estimate of drug-likeness (QED) is 0.625. The molecule has 1 saturated heterocycles. The first-order valence-corrected chi connectivity index (χ1v) is 11.1. The van der Waals surface area contributed by atoms with Crippen LogP contribution in [-0.4, -0.2) is 83.5 Å². The summed E-state index contributed by atoms with van der Waals surface area (Å²) in [5, 5.41) is 10.8. The van der Waals surface area contributed by atoms with Crippen LogP contribution in [0.2, 0.25) is 0 Å². The van der Waals surface area contributed by atoms with Crippen LogP contribution < -0.4 is 10.5 Å². The van der Waals surface area contributed by atoms with Gasteiger partial charge in [0.15, 0.2) is 0 Å². The predicted octanol–water partition coefficient (Wildman–Crippen LogP) is 1.49. The Balaban J connectivity index is 1.56. The first-order chi connectivity index (χ1) is 15.3. The van der Waals surface area contributed by atoms with Crippen LogP contribution in [0.1, 0.15) is 32.4 Å². The van der Waals surface area contributed by atoms with Gasteiger partial charge in [-0.1, -0.05) is 23.8 Å². The monoisotopic (exact) mass is 439 g/mol. The number of ether oxygens (including phenoxy) is 1. The molecule has 8 nitrogen and oxygen atoms in total. The van der Waals surface area contributed by atoms with E-state index in [1.165, 1.54) is 5.57 Å². The van der Waals surface area contributed by atoms with Crippen molar-refractivity contribution in [3.63, 3.8) is 0 Å². The number of hydrogen-bond donors (Lipinski definition) is 2. The number of carbonyl (C=O) groups is 1. The van der Waals surface area contributed by atoms with Crippen LogP contribution in [0.25, 0.3) is 0 Å². The largest absolute Gasteiger partial charge is 0.497 e. The maximum atomic E-state index is 13.6. The van der Waals surface area contributed by atoms with Gasteiger partial charge >= 0.3 is 0 Å². The van der Waals surface area contributed by atoms with Gasteiger partial charge in [0.05, 0.1) is 26.1 Å². The number of β-amino-alcohol motifs (C(OH)–C–C–N with tert-alkyl or cyclic N) is 1. The minimum Gasteiger partial charge on any atom is -0.497 e. The van der Waals surface area contributed by atoms with E-state index < -0.39 is 12.1 Å². The summed E-state index contributed by atoms with van der Waals surface area (Å²) in [6.07, 6.45) is 2.88. The Morgan fingerprint density at radius 2 is 2.12 bits per heavy atom. The average Bonchev–Trinajstić information content (AvgIpc) is 3.03. The van der Waals surface area contributed by atoms with Crippen LogP contribution in [0.15, 0.2) is 52.3 Å². The third-order valence-corrected chi connectivity index (χ3v) is 6.36. The molecule has 172 valence electrons. The number of nitrogens with zero attached hydrogens (tertiary/aromatic N) is 4. The van der Waals surface area contributed by atoms with Gasteiger partial charge in [-0.3, -0.25) is 14.7 Å². The van der Waals surface area contributed by atoms with E-state index in [1.54, 1.807) is 24.4 Å². The van der Waals surface area contributed by atoms with Gasteiger partial charge in [-0.15, -0.1) is 0 Å². The van der Waals surface area contributed by atoms with Gasteiger partial charge in [0.1, 0.15) is 23.7 Å². The van der Waals surface area contributed by atoms with Crippen molar-refractivity contribution in [1.29, 1.82) is 0 Å². The lowest BCUT2D eigenvalue weighted by atomic mass is 10.0. The molecule has 3 atom stereocenters. The molecule has 3 unspecified atom stereocenters. The van der Waals surface area contributed by atoms with E-state index in [9.17, 15) is 9.90 Å². The number of methoxy groups -OCH3 is 1. The van der Waals surface area contributed by atoms with Gasteiger partial charge < -0.3 is 25.4 Å². The van der Waals surface area contributed by atoms with E-state index >= 15 is 0 Å². The SMILES string of the molecule is COc1cccc(C(O)CN2C=NC3C(C)=C(N4CC(N)C4)N(CC=C(C)C)C3C2=O)c1. The molecule has 4 rings (SSSR count). The third kappa shape index (κ3) is 4.12. The number of allylic oxidation sites excluding steroid dienone is 1. The summed E-state index contributed by atoms with van der Waals surface area (Å²) >= 11 is 0. The summed E-state index contributed by atoms with van der Waals surface area (Å²) in [4.78, 5) is 24.3. The smallest absolute Gasteiger partial charge is 0.253 e. The van der Waals surface area contributed by atoms with Crippen molar-refractivity contribution in [3.05, 3.63) is 52.9 Å². The highest BCUT2D eigenvalue weighted by atomic mass is 16.5. The average molecular weight is 440 g/mol. The molecule has 0 radical (unpaired) electrons. The van der Waals surface area contributed by atoms with Crippen LogP contribution in [0.4, 0.5) is 0 Å². The number of nitrogens with two attached hydrogens (primary N) is 1. The molecule has 1 aromatic rings. The molecule has 0 spiro atoms. The molecular formula is C24H33N5O3. The summed E-state index contributed by atoms with van der Waals surface area (Å²) in [6.45, 7) is 8.52. The van der Waals surface area contributed by atoms with Crippen molar-refractivity contribution in [1.82, 2.24) is 14.7 Å². The van der Waals surface area contributed by atoms with Gasteiger partial charge in [-0.2, -0.15) is 0 Å². The van der Waals surface area contributed by atoms with Gasteiger partial charge in [-0.05, 0) is 44.0 Å². The van der Waals surface area contributed by atoms with E-state index in [0.717, 1.165) is 24.5 Å². The van der Waals surface area contributed by atoms with Crippen molar-refractivity contribution < 1.29 is 14.6 Å². The fourth-order valence-electron chi connectivity index (χ4n) is 4.61. The minimum absolute atomic E-state index is 0.0479. The summed E-state index contributed by atoms with van der Waals surface area (Å²) in [7, 11) is 1.59. The van der Waals surface area contributed by atoms with Crippen LogP contribution >= 0.6 is 0 Å². The zero-order valence-electron chi connectivity index (χ0n) is 19.2. The second-order valence-corrected chi connectivity index (χ2v) is 9.04. The van der Waals surface area contributed by atoms with Crippen molar-refractivity contribution in [2.45, 2.75) is 45.0 Å². The Kier molecular flexibility index (Phi) is 6.26. The molecule has 0 aliphatic carbocycles. The molecule has 1 amide bonds. The summed E-state index contributed by atoms with van der Waals surface area (Å²) < 4.78 is 5.25. The van der Waals surface area contributed by atoms with Crippen molar-refractivity contribution in [2.24, 2.45) is 10.7 Å². The van der Waals surface area contributed by atoms with Crippen LogP contribution in [0.3, 0.4) is 0 Å². The predicted molar refractivity (Wildman–Crippen MR) is 124 cm³/mol. The van der Waals surface area contributed by atoms with Gasteiger partial charge in [0.2, 0.25) is 0 Å². The summed E-state index contributed by atoms with van der Waals surface area (Å²) in [6, 6.07) is 6.80. The topological polar surface area (TPSA) is 94.6 Å². The zero-order valence-corrected chi connectivity index (χ0v) is 19.2. The standard InChI is InChI=1S/C24H33N5O3/c1-15(2)8-9-29-22-21(16(3)23(29)27-11-18(25)12-27)26-14-28(24(22)31)13-20(30)17-6-5-7-19(10-17)32-4/h5-8,10,14,18,20-22,30H,9,11-13,25H2,1-4H3. The molecule has 8 heteroatoms. The molecule has 0 bridgehead atoms. The van der Waals surface area contributed by atoms with Crippen molar-refractivity contribution in [3.8, 4) is 5.75 Å². The van der Waals surface area contributed by atoms with Crippen molar-refractivity contribution in [2.75, 3.05) is 33.3 Å². The highest BCUT2D eigenvalue weighted by molar-refractivity contribution is 5.95. The van der Waals surface area contributed by atoms with E-state index in [1.807, 2.05) is 18.2 Å². The molecule has 3 aliphatic heterocycles. The van der Waals surface area contributed by atoms with Gasteiger partial charge in [0.25, 0.3) is 5.91 Å². The maximum absolute atomic E-state index is 13.6. The second-order valence-electron chi connectivity index (χ2n) is 9.04. The lowest BCUT2D eigenvalue weighted by molar-refractivity contribution is -0.134. The number of aliphatic hydroxyl groups is 1. The third-order valence-electron chi connectivity index (χ3n) is 6.36. The highest BCUT2D eigenvalue weighted by Crippen LogP contribution is 2.37. The molecular weight excluding hydrogens is 406 g/mol. The fraction of sp³-hybridized carbons (Fsp3) is 0.500. The number of rotatable bonds is 7. The van der Waals surface area contributed by atoms with E-state index in [4.69, 9.17) is 15.5 Å². The minimum atomic E-state index is -0.841. The first-order valence-electron chi connectivity index (χ1n) is 11.1. The number of hydrogen-bond acceptors (Lipinski definition) is 7. The maximum Gasteiger partial charge on any atom is 0.253 e. The Morgan fingerprint density at radius 3 is 2.78 bits per heavy atom. The number of carbonyl (C=O) groups excluding carboxylic acids is 1. The number of aliphatic hydroxyl groups excluding tert-OH is 1. The number of benzene rings is 1.